The predicted molar refractivity (Wildman–Crippen MR) is 111 cm³/mol. The van der Waals surface area contributed by atoms with Gasteiger partial charge in [0.2, 0.25) is 0 Å². The van der Waals surface area contributed by atoms with Gasteiger partial charge in [-0.3, -0.25) is 4.79 Å². The summed E-state index contributed by atoms with van der Waals surface area (Å²) in [5, 5.41) is 9.07. The van der Waals surface area contributed by atoms with E-state index in [2.05, 4.69) is 0 Å². The van der Waals surface area contributed by atoms with Gasteiger partial charge in [-0.05, 0) is 54.0 Å². The zero-order chi connectivity index (χ0) is 22.4. The largest absolute Gasteiger partial charge is 0.484 e. The Morgan fingerprint density at radius 3 is 2.55 bits per heavy atom. The van der Waals surface area contributed by atoms with Crippen molar-refractivity contribution in [2.45, 2.75) is 39.0 Å². The molecule has 2 atom stereocenters. The lowest BCUT2D eigenvalue weighted by atomic mass is 9.83. The number of likely N-dealkylation sites (tertiary alicyclic amines) is 1. The number of hydrogen-bond acceptors (Lipinski definition) is 3. The molecule has 1 unspecified atom stereocenters. The highest BCUT2D eigenvalue weighted by molar-refractivity contribution is 5.78. The minimum Gasteiger partial charge on any atom is -0.484 e. The summed E-state index contributed by atoms with van der Waals surface area (Å²) in [4.78, 5) is 14.3. The van der Waals surface area contributed by atoms with E-state index in [4.69, 9.17) is 9.84 Å². The quantitative estimate of drug-likeness (QED) is 0.654. The third-order valence-corrected chi connectivity index (χ3v) is 6.04. The molecule has 1 N–H and O–H groups in total. The van der Waals surface area contributed by atoms with Crippen LogP contribution in [0.5, 0.6) is 5.75 Å². The van der Waals surface area contributed by atoms with Crippen LogP contribution in [-0.4, -0.2) is 35.6 Å². The van der Waals surface area contributed by atoms with E-state index in [9.17, 15) is 18.0 Å². The number of nitrogens with zero attached hydrogens (tertiary/aromatic N) is 1. The molecule has 2 aromatic carbocycles. The van der Waals surface area contributed by atoms with Gasteiger partial charge in [0, 0.05) is 13.1 Å². The number of halogens is 3. The molecular formula is C24H28F3NO3. The van der Waals surface area contributed by atoms with Crippen molar-refractivity contribution in [3.63, 3.8) is 0 Å². The predicted octanol–water partition coefficient (Wildman–Crippen LogP) is 4.69. The number of carbonyl (C=O) groups excluding carboxylic acids is 1. The number of aliphatic hydroxyl groups excluding tert-OH is 1. The van der Waals surface area contributed by atoms with E-state index in [1.165, 1.54) is 6.07 Å². The lowest BCUT2D eigenvalue weighted by Crippen LogP contribution is -2.34. The molecular weight excluding hydrogens is 407 g/mol. The fourth-order valence-corrected chi connectivity index (χ4v) is 4.23. The monoisotopic (exact) mass is 435 g/mol. The molecule has 31 heavy (non-hydrogen) atoms. The lowest BCUT2D eigenvalue weighted by molar-refractivity contribution is -0.138. The zero-order valence-corrected chi connectivity index (χ0v) is 17.6. The highest BCUT2D eigenvalue weighted by Gasteiger charge is 2.35. The SMILES string of the molecule is CCC(Cc1ccccc1C(F)(F)F)[C@@H]1CCN(C(=O)COc2ccc(CO)cc2)C1. The summed E-state index contributed by atoms with van der Waals surface area (Å²) in [5.41, 5.74) is 0.514. The Hall–Kier alpha value is -2.54. The average molecular weight is 435 g/mol. The van der Waals surface area contributed by atoms with Gasteiger partial charge in [0.05, 0.1) is 12.2 Å². The van der Waals surface area contributed by atoms with Crippen LogP contribution in [0.4, 0.5) is 13.2 Å². The molecule has 0 aromatic heterocycles. The number of alkyl halides is 3. The highest BCUT2D eigenvalue weighted by Crippen LogP contribution is 2.36. The Bertz CT molecular complexity index is 867. The summed E-state index contributed by atoms with van der Waals surface area (Å²) in [5.74, 6) is 0.670. The van der Waals surface area contributed by atoms with E-state index < -0.39 is 11.7 Å². The van der Waals surface area contributed by atoms with Crippen molar-refractivity contribution in [1.29, 1.82) is 0 Å². The topological polar surface area (TPSA) is 49.8 Å². The Morgan fingerprint density at radius 2 is 1.90 bits per heavy atom. The number of ether oxygens (including phenoxy) is 1. The molecule has 4 nitrogen and oxygen atoms in total. The standard InChI is InChI=1S/C24H28F3NO3/c1-2-18(13-19-5-3-4-6-22(19)24(25,26)27)20-11-12-28(14-20)23(30)16-31-21-9-7-17(15-29)8-10-21/h3-10,18,20,29H,2,11-16H2,1H3/t18?,20-/m1/s1. The molecule has 3 rings (SSSR count). The summed E-state index contributed by atoms with van der Waals surface area (Å²) in [6, 6.07) is 12.6. The van der Waals surface area contributed by atoms with Gasteiger partial charge in [-0.1, -0.05) is 43.7 Å². The fourth-order valence-electron chi connectivity index (χ4n) is 4.23. The number of amides is 1. The summed E-state index contributed by atoms with van der Waals surface area (Å²) in [7, 11) is 0. The van der Waals surface area contributed by atoms with Crippen LogP contribution in [0.15, 0.2) is 48.5 Å². The maximum Gasteiger partial charge on any atom is 0.416 e. The van der Waals surface area contributed by atoms with Crippen LogP contribution in [-0.2, 0) is 24.0 Å². The van der Waals surface area contributed by atoms with Crippen molar-refractivity contribution in [3.8, 4) is 5.75 Å². The average Bonchev–Trinajstić information content (AvgIpc) is 3.26. The van der Waals surface area contributed by atoms with E-state index >= 15 is 0 Å². The molecule has 1 fully saturated rings. The van der Waals surface area contributed by atoms with Gasteiger partial charge in [-0.2, -0.15) is 13.2 Å². The number of carbonyl (C=O) groups is 1. The van der Waals surface area contributed by atoms with Gasteiger partial charge in [0.1, 0.15) is 5.75 Å². The normalized spacial score (nSPS) is 17.6. The first kappa shape index (κ1) is 23.1. The van der Waals surface area contributed by atoms with Crippen LogP contribution in [0, 0.1) is 11.8 Å². The molecule has 0 radical (unpaired) electrons. The minimum atomic E-state index is -4.36. The molecule has 7 heteroatoms. The van der Waals surface area contributed by atoms with E-state index in [1.54, 1.807) is 41.3 Å². The van der Waals surface area contributed by atoms with Crippen molar-refractivity contribution < 1.29 is 27.8 Å². The second-order valence-electron chi connectivity index (χ2n) is 8.01. The summed E-state index contributed by atoms with van der Waals surface area (Å²) in [6.45, 7) is 2.98. The van der Waals surface area contributed by atoms with Crippen LogP contribution >= 0.6 is 0 Å². The first-order chi connectivity index (χ1) is 14.8. The lowest BCUT2D eigenvalue weighted by Gasteiger charge is -2.24. The second-order valence-corrected chi connectivity index (χ2v) is 8.01. The van der Waals surface area contributed by atoms with Crippen molar-refractivity contribution in [2.75, 3.05) is 19.7 Å². The van der Waals surface area contributed by atoms with Crippen LogP contribution in [0.1, 0.15) is 36.5 Å². The molecule has 0 bridgehead atoms. The fraction of sp³-hybridized carbons (Fsp3) is 0.458. The van der Waals surface area contributed by atoms with E-state index in [-0.39, 0.29) is 31.0 Å². The van der Waals surface area contributed by atoms with Gasteiger partial charge in [-0.25, -0.2) is 0 Å². The molecule has 1 amide bonds. The number of hydrogen-bond donors (Lipinski definition) is 1. The minimum absolute atomic E-state index is 0.0551. The third kappa shape index (κ3) is 6.00. The molecule has 0 aliphatic carbocycles. The number of rotatable bonds is 8. The maximum atomic E-state index is 13.3. The molecule has 1 aliphatic rings. The van der Waals surface area contributed by atoms with Crippen LogP contribution in [0.3, 0.4) is 0 Å². The van der Waals surface area contributed by atoms with E-state index in [0.29, 0.717) is 30.8 Å². The van der Waals surface area contributed by atoms with Crippen molar-refractivity contribution in [2.24, 2.45) is 11.8 Å². The Kier molecular flexibility index (Phi) is 7.59. The van der Waals surface area contributed by atoms with Gasteiger partial charge >= 0.3 is 6.18 Å². The van der Waals surface area contributed by atoms with Crippen molar-refractivity contribution in [1.82, 2.24) is 4.90 Å². The first-order valence-corrected chi connectivity index (χ1v) is 10.6. The molecule has 1 aliphatic heterocycles. The Labute approximate surface area is 180 Å². The first-order valence-electron chi connectivity index (χ1n) is 10.6. The molecule has 0 spiro atoms. The van der Waals surface area contributed by atoms with Crippen LogP contribution < -0.4 is 4.74 Å². The van der Waals surface area contributed by atoms with E-state index in [1.807, 2.05) is 6.92 Å². The number of aliphatic hydroxyl groups is 1. The van der Waals surface area contributed by atoms with Crippen molar-refractivity contribution in [3.05, 3.63) is 65.2 Å². The van der Waals surface area contributed by atoms with Gasteiger partial charge in [-0.15, -0.1) is 0 Å². The summed E-state index contributed by atoms with van der Waals surface area (Å²) >= 11 is 0. The summed E-state index contributed by atoms with van der Waals surface area (Å²) < 4.78 is 45.6. The smallest absolute Gasteiger partial charge is 0.416 e. The summed E-state index contributed by atoms with van der Waals surface area (Å²) in [6.07, 6.45) is -2.47. The maximum absolute atomic E-state index is 13.3. The van der Waals surface area contributed by atoms with Gasteiger partial charge < -0.3 is 14.7 Å². The van der Waals surface area contributed by atoms with E-state index in [0.717, 1.165) is 24.5 Å². The van der Waals surface area contributed by atoms with Gasteiger partial charge in [0.25, 0.3) is 5.91 Å². The molecule has 2 aromatic rings. The van der Waals surface area contributed by atoms with Crippen LogP contribution in [0.25, 0.3) is 0 Å². The van der Waals surface area contributed by atoms with Crippen molar-refractivity contribution >= 4 is 5.91 Å². The third-order valence-electron chi connectivity index (χ3n) is 6.04. The molecule has 1 saturated heterocycles. The second kappa shape index (κ2) is 10.2. The van der Waals surface area contributed by atoms with Gasteiger partial charge in [0.15, 0.2) is 6.61 Å². The molecule has 0 saturated carbocycles. The number of benzene rings is 2. The Morgan fingerprint density at radius 1 is 1.19 bits per heavy atom. The van der Waals surface area contributed by atoms with Crippen LogP contribution in [0.2, 0.25) is 0 Å². The molecule has 168 valence electrons. The molecule has 1 heterocycles. The highest BCUT2D eigenvalue weighted by atomic mass is 19.4. The Balaban J connectivity index is 1.56. The zero-order valence-electron chi connectivity index (χ0n) is 17.6.